The van der Waals surface area contributed by atoms with Crippen LogP contribution in [0.1, 0.15) is 40.0 Å². The molecular weight excluding hydrogens is 557 g/mol. The molecule has 1 aliphatic heterocycles. The van der Waals surface area contributed by atoms with E-state index in [9.17, 15) is 14.7 Å². The van der Waals surface area contributed by atoms with Gasteiger partial charge >= 0.3 is 6.09 Å². The number of hydrogen-bond donors (Lipinski definition) is 2. The van der Waals surface area contributed by atoms with Crippen LogP contribution in [0.2, 0.25) is 0 Å². The van der Waals surface area contributed by atoms with E-state index >= 15 is 0 Å². The monoisotopic (exact) mass is 591 g/mol. The van der Waals surface area contributed by atoms with Gasteiger partial charge in [0.1, 0.15) is 23.7 Å². The van der Waals surface area contributed by atoms with Crippen LogP contribution in [-0.4, -0.2) is 77.9 Å². The molecule has 7 nitrogen and oxygen atoms in total. The number of carbonyl (C=O) groups is 2. The molecule has 1 heterocycles. The minimum absolute atomic E-state index is 0.0469. The second kappa shape index (κ2) is 10.5. The SMILES string of the molecule is COC1C(OC(=O)NC(=O)CCl)CCC(O)(CS(C)(C)I)C1C1(C)OC1CC=C(C)C. The number of aliphatic hydroxyl groups is 1. The molecule has 0 aromatic heterocycles. The summed E-state index contributed by atoms with van der Waals surface area (Å²) in [6.45, 7) is 6.09. The molecule has 1 aliphatic carbocycles. The fraction of sp³-hybridized carbons (Fsp3) is 0.810. The molecule has 31 heavy (non-hydrogen) atoms. The predicted molar refractivity (Wildman–Crippen MR) is 133 cm³/mol. The third-order valence-corrected chi connectivity index (χ3v) is 8.32. The normalized spacial score (nSPS) is 35.8. The minimum atomic E-state index is -1.06. The lowest BCUT2D eigenvalue weighted by atomic mass is 9.66. The maximum Gasteiger partial charge on any atom is 0.414 e. The highest BCUT2D eigenvalue weighted by atomic mass is 127. The number of rotatable bonds is 8. The number of carbonyl (C=O) groups excluding carboxylic acids is 2. The maximum absolute atomic E-state index is 12.2. The van der Waals surface area contributed by atoms with Crippen LogP contribution in [0.4, 0.5) is 4.79 Å². The fourth-order valence-corrected chi connectivity index (χ4v) is 7.94. The van der Waals surface area contributed by atoms with E-state index in [1.54, 1.807) is 7.11 Å². The molecule has 10 heteroatoms. The standard InChI is InChI=1S/C21H35ClINO6S/c1-13(2)7-8-15-20(3,30-15)18-17(28-4)14(29-19(26)24-16(25)11-22)9-10-21(18,27)12-31(5,6)23/h7,14-15,17-18,27H,8-12H2,1-6H3,(H,24,25,26). The third-order valence-electron chi connectivity index (χ3n) is 5.96. The van der Waals surface area contributed by atoms with Gasteiger partial charge in [-0.15, -0.1) is 11.6 Å². The zero-order valence-corrected chi connectivity index (χ0v) is 22.8. The number of alkyl halides is 1. The van der Waals surface area contributed by atoms with Crippen LogP contribution in [0.25, 0.3) is 0 Å². The van der Waals surface area contributed by atoms with Gasteiger partial charge in [-0.1, -0.05) is 11.6 Å². The molecule has 6 atom stereocenters. The number of epoxide rings is 1. The lowest BCUT2D eigenvalue weighted by Crippen LogP contribution is -2.62. The number of halogens is 2. The van der Waals surface area contributed by atoms with Crippen molar-refractivity contribution in [1.82, 2.24) is 5.32 Å². The topological polar surface area (TPSA) is 97.4 Å². The van der Waals surface area contributed by atoms with Crippen molar-refractivity contribution in [2.45, 2.75) is 69.5 Å². The van der Waals surface area contributed by atoms with E-state index in [-0.39, 0.29) is 12.0 Å². The van der Waals surface area contributed by atoms with Crippen LogP contribution >= 0.6 is 40.0 Å². The Balaban J connectivity index is 2.31. The van der Waals surface area contributed by atoms with Gasteiger partial charge in [0.2, 0.25) is 5.91 Å². The van der Waals surface area contributed by atoms with Crippen LogP contribution in [0.3, 0.4) is 0 Å². The first-order chi connectivity index (χ1) is 14.3. The number of methoxy groups -OCH3 is 1. The second-order valence-corrected chi connectivity index (χ2v) is 19.8. The summed E-state index contributed by atoms with van der Waals surface area (Å²) in [4.78, 5) is 23.6. The molecular formula is C21H35ClINO6S. The quantitative estimate of drug-likeness (QED) is 0.192. The number of ether oxygens (including phenoxy) is 3. The van der Waals surface area contributed by atoms with Gasteiger partial charge < -0.3 is 19.3 Å². The number of amides is 2. The molecule has 0 aromatic carbocycles. The average molecular weight is 592 g/mol. The van der Waals surface area contributed by atoms with Gasteiger partial charge in [-0.2, -0.15) is 7.20 Å². The molecule has 2 amide bonds. The van der Waals surface area contributed by atoms with Crippen molar-refractivity contribution in [3.8, 4) is 0 Å². The minimum Gasteiger partial charge on any atom is -0.443 e. The molecule has 2 N–H and O–H groups in total. The first-order valence-electron chi connectivity index (χ1n) is 10.3. The number of nitrogens with one attached hydrogen (secondary N) is 1. The summed E-state index contributed by atoms with van der Waals surface area (Å²) in [7, 11) is 0.491. The van der Waals surface area contributed by atoms with Crippen molar-refractivity contribution >= 4 is 52.0 Å². The van der Waals surface area contributed by atoms with E-state index in [0.29, 0.717) is 18.6 Å². The highest BCUT2D eigenvalue weighted by Crippen LogP contribution is 2.60. The van der Waals surface area contributed by atoms with Gasteiger partial charge in [0.15, 0.2) is 0 Å². The summed E-state index contributed by atoms with van der Waals surface area (Å²) < 4.78 is 17.5. The summed E-state index contributed by atoms with van der Waals surface area (Å²) in [5.41, 5.74) is -0.412. The smallest absolute Gasteiger partial charge is 0.414 e. The Hall–Kier alpha value is -0.0700. The van der Waals surface area contributed by atoms with Crippen molar-refractivity contribution < 1.29 is 28.9 Å². The van der Waals surface area contributed by atoms with Crippen LogP contribution in [0.5, 0.6) is 0 Å². The van der Waals surface area contributed by atoms with Gasteiger partial charge in [-0.25, -0.2) is 4.79 Å². The van der Waals surface area contributed by atoms with Crippen LogP contribution in [-0.2, 0) is 19.0 Å². The number of alkyl carbamates (subject to hydrolysis) is 1. The van der Waals surface area contributed by atoms with Crippen molar-refractivity contribution in [3.05, 3.63) is 11.6 Å². The lowest BCUT2D eigenvalue weighted by Gasteiger charge is -2.51. The Labute approximate surface area is 203 Å². The first kappa shape index (κ1) is 27.2. The van der Waals surface area contributed by atoms with Crippen molar-refractivity contribution in [2.75, 3.05) is 31.3 Å². The molecule has 180 valence electrons. The van der Waals surface area contributed by atoms with Gasteiger partial charge in [-0.3, -0.25) is 10.1 Å². The van der Waals surface area contributed by atoms with Gasteiger partial charge in [0, 0.05) is 18.8 Å². The van der Waals surface area contributed by atoms with Gasteiger partial charge in [-0.05, 0) is 73.8 Å². The largest absolute Gasteiger partial charge is 0.443 e. The Morgan fingerprint density at radius 2 is 2.03 bits per heavy atom. The lowest BCUT2D eigenvalue weighted by molar-refractivity contribution is -0.170. The molecule has 6 unspecified atom stereocenters. The molecule has 2 aliphatic rings. The first-order valence-corrected chi connectivity index (χ1v) is 16.0. The third kappa shape index (κ3) is 6.96. The van der Waals surface area contributed by atoms with E-state index < -0.39 is 48.5 Å². The average Bonchev–Trinajstić information content (AvgIpc) is 3.29. The second-order valence-electron chi connectivity index (χ2n) is 9.30. The molecule has 0 aromatic rings. The zero-order chi connectivity index (χ0) is 23.6. The summed E-state index contributed by atoms with van der Waals surface area (Å²) in [6.07, 6.45) is 5.99. The predicted octanol–water partition coefficient (Wildman–Crippen LogP) is 3.93. The van der Waals surface area contributed by atoms with E-state index in [1.165, 1.54) is 5.57 Å². The number of hydrogen-bond acceptors (Lipinski definition) is 6. The van der Waals surface area contributed by atoms with Crippen molar-refractivity contribution in [3.63, 3.8) is 0 Å². The zero-order valence-electron chi connectivity index (χ0n) is 19.1. The van der Waals surface area contributed by atoms with Crippen molar-refractivity contribution in [2.24, 2.45) is 5.92 Å². The summed E-state index contributed by atoms with van der Waals surface area (Å²) in [6, 6.07) is 0. The molecule has 0 spiro atoms. The van der Waals surface area contributed by atoms with Crippen molar-refractivity contribution in [1.29, 1.82) is 0 Å². The molecule has 2 fully saturated rings. The fourth-order valence-electron chi connectivity index (χ4n) is 4.75. The van der Waals surface area contributed by atoms with E-state index in [1.807, 2.05) is 20.8 Å². The molecule has 1 saturated heterocycles. The molecule has 0 bridgehead atoms. The van der Waals surface area contributed by atoms with Crippen LogP contribution in [0.15, 0.2) is 11.6 Å². The summed E-state index contributed by atoms with van der Waals surface area (Å²) in [5, 5.41) is 14.0. The Morgan fingerprint density at radius 1 is 1.39 bits per heavy atom. The Morgan fingerprint density at radius 3 is 2.55 bits per heavy atom. The Bertz CT molecular complexity index is 712. The van der Waals surface area contributed by atoms with E-state index in [2.05, 4.69) is 45.1 Å². The van der Waals surface area contributed by atoms with Gasteiger partial charge in [0.05, 0.1) is 11.7 Å². The molecule has 2 rings (SSSR count). The van der Waals surface area contributed by atoms with Crippen LogP contribution in [0, 0.1) is 5.92 Å². The highest BCUT2D eigenvalue weighted by Gasteiger charge is 2.68. The molecule has 0 radical (unpaired) electrons. The number of allylic oxidation sites excluding steroid dienone is 1. The highest BCUT2D eigenvalue weighted by molar-refractivity contribution is 14.2. The Kier molecular flexibility index (Phi) is 9.17. The maximum atomic E-state index is 12.2. The summed E-state index contributed by atoms with van der Waals surface area (Å²) >= 11 is 7.88. The van der Waals surface area contributed by atoms with E-state index in [0.717, 1.165) is 6.42 Å². The molecule has 1 saturated carbocycles. The van der Waals surface area contributed by atoms with E-state index in [4.69, 9.17) is 25.8 Å². The van der Waals surface area contributed by atoms with Gasteiger partial charge in [0.25, 0.3) is 0 Å². The van der Waals surface area contributed by atoms with Crippen LogP contribution < -0.4 is 5.32 Å². The summed E-state index contributed by atoms with van der Waals surface area (Å²) in [5.74, 6) is -0.721. The number of imide groups is 1.